The molecule has 0 radical (unpaired) electrons. The predicted molar refractivity (Wildman–Crippen MR) is 148 cm³/mol. The smallest absolute Gasteiger partial charge is 0.364 e. The van der Waals surface area contributed by atoms with Crippen molar-refractivity contribution in [3.05, 3.63) is 23.0 Å². The molecule has 0 aliphatic carbocycles. The van der Waals surface area contributed by atoms with Crippen LogP contribution in [0.5, 0.6) is 0 Å². The summed E-state index contributed by atoms with van der Waals surface area (Å²) in [4.78, 5) is 83.1. The van der Waals surface area contributed by atoms with Crippen molar-refractivity contribution < 1.29 is 62.0 Å². The van der Waals surface area contributed by atoms with Crippen LogP contribution in [0.15, 0.2) is 22.5 Å². The van der Waals surface area contributed by atoms with E-state index in [1.54, 1.807) is 0 Å². The Morgan fingerprint density at radius 2 is 1.96 bits per heavy atom. The van der Waals surface area contributed by atoms with E-state index >= 15 is 0 Å². The number of anilines is 1. The van der Waals surface area contributed by atoms with Crippen molar-refractivity contribution in [1.29, 1.82) is 0 Å². The average Bonchev–Trinajstić information content (AvgIpc) is 3.33. The van der Waals surface area contributed by atoms with Crippen molar-refractivity contribution >= 4 is 67.9 Å². The van der Waals surface area contributed by atoms with E-state index in [9.17, 15) is 57.2 Å². The van der Waals surface area contributed by atoms with Gasteiger partial charge in [-0.1, -0.05) is 5.16 Å². The first-order chi connectivity index (χ1) is 20.7. The van der Waals surface area contributed by atoms with Crippen LogP contribution in [0, 0.1) is 0 Å². The molecule has 1 fully saturated rings. The van der Waals surface area contributed by atoms with Crippen LogP contribution in [0.1, 0.15) is 39.3 Å². The van der Waals surface area contributed by atoms with Gasteiger partial charge < -0.3 is 36.7 Å². The molecule has 1 unspecified atom stereocenters. The van der Waals surface area contributed by atoms with Crippen molar-refractivity contribution in [2.75, 3.05) is 12.3 Å². The molecule has 0 saturated carbocycles. The summed E-state index contributed by atoms with van der Waals surface area (Å²) in [5.41, 5.74) is 0.366. The van der Waals surface area contributed by atoms with Crippen molar-refractivity contribution in [2.24, 2.45) is 5.16 Å². The number of nitrogens with zero attached hydrogens (tertiary/aromatic N) is 4. The fourth-order valence-electron chi connectivity index (χ4n) is 3.87. The number of carboxylic acids is 1. The maximum absolute atomic E-state index is 13.4. The first-order valence-electron chi connectivity index (χ1n) is 12.5. The van der Waals surface area contributed by atoms with Crippen LogP contribution in [0.4, 0.5) is 5.13 Å². The highest BCUT2D eigenvalue weighted by Gasteiger charge is 2.58. The van der Waals surface area contributed by atoms with E-state index in [0.717, 1.165) is 25.2 Å². The lowest BCUT2D eigenvalue weighted by molar-refractivity contribution is -0.161. The number of hydroxylamine groups is 2. The number of aromatic nitrogens is 1. The largest absolute Gasteiger partial charge is 0.503 e. The zero-order chi connectivity index (χ0) is 34.1. The number of ketones is 1. The Bertz CT molecular complexity index is 1600. The Morgan fingerprint density at radius 3 is 2.49 bits per heavy atom. The average molecular weight is 677 g/mol. The van der Waals surface area contributed by atoms with Crippen LogP contribution in [0.2, 0.25) is 0 Å². The number of aliphatic carboxylic acids is 1. The molecule has 1 aromatic rings. The van der Waals surface area contributed by atoms with E-state index in [2.05, 4.69) is 26.1 Å². The zero-order valence-electron chi connectivity index (χ0n) is 23.6. The number of hydrogen-bond acceptors (Lipinski definition) is 16. The molecule has 0 bridgehead atoms. The number of rotatable bonds is 12. The summed E-state index contributed by atoms with van der Waals surface area (Å²) in [6, 6.07) is -2.91. The fourth-order valence-corrected chi connectivity index (χ4v) is 5.36. The van der Waals surface area contributed by atoms with Gasteiger partial charge in [-0.2, -0.15) is 12.7 Å². The molecule has 21 nitrogen and oxygen atoms in total. The number of carbonyl (C=O) groups is 6. The summed E-state index contributed by atoms with van der Waals surface area (Å²) in [7, 11) is -5.34. The minimum absolute atomic E-state index is 0.0471. The summed E-state index contributed by atoms with van der Waals surface area (Å²) in [5, 5.41) is 40.2. The molecule has 1 saturated heterocycles. The van der Waals surface area contributed by atoms with E-state index in [1.165, 1.54) is 12.3 Å². The lowest BCUT2D eigenvalue weighted by Gasteiger charge is -2.49. The van der Waals surface area contributed by atoms with Gasteiger partial charge in [0.05, 0.1) is 19.2 Å². The third-order valence-electron chi connectivity index (χ3n) is 6.34. The maximum Gasteiger partial charge on any atom is 0.364 e. The second-order valence-corrected chi connectivity index (χ2v) is 12.4. The second kappa shape index (κ2) is 12.6. The minimum atomic E-state index is -5.34. The van der Waals surface area contributed by atoms with E-state index in [0.29, 0.717) is 6.20 Å². The molecule has 246 valence electrons. The number of aliphatic hydroxyl groups is 1. The third kappa shape index (κ3) is 7.62. The number of β-lactam (4-membered cyclic amide) rings is 1. The van der Waals surface area contributed by atoms with Gasteiger partial charge in [0.15, 0.2) is 22.3 Å². The van der Waals surface area contributed by atoms with Gasteiger partial charge in [-0.3, -0.25) is 33.7 Å². The normalized spacial score (nSPS) is 21.3. The highest BCUT2D eigenvalue weighted by atomic mass is 32.2. The van der Waals surface area contributed by atoms with Crippen LogP contribution >= 0.6 is 11.3 Å². The number of nitrogen functional groups attached to an aromatic ring is 1. The number of carbonyl (C=O) groups excluding carboxylic acids is 5. The molecule has 3 heterocycles. The lowest BCUT2D eigenvalue weighted by Crippen LogP contribution is -2.77. The van der Waals surface area contributed by atoms with Crippen molar-refractivity contribution in [3.63, 3.8) is 0 Å². The van der Waals surface area contributed by atoms with Crippen LogP contribution in [0.3, 0.4) is 0 Å². The summed E-state index contributed by atoms with van der Waals surface area (Å²) in [6.07, 6.45) is -0.801. The number of nitrogens with one attached hydrogen (secondary N) is 3. The molecule has 45 heavy (non-hydrogen) atoms. The number of nitrogens with two attached hydrogens (primary N) is 1. The Hall–Kier alpha value is -4.87. The van der Waals surface area contributed by atoms with E-state index in [-0.39, 0.29) is 20.2 Å². The molecule has 2 aliphatic heterocycles. The number of allylic oxidation sites excluding steroid dienone is 1. The standard InChI is InChI=1S/C22H28N8O13S2/c1-9(25-17(35)11-4-12(31)13(32)6-29(11)39)16(34)24-8-22(5-14(33)30(22)45(40,41)42)27-18(36)15(10-7-44-20(23)26-10)28-43-21(2,3)19(37)38/h6-7,9,11,32,39H,4-5,8H2,1-3H3,(H2,23,26)(H,24,34)(H,25,35)(H,27,36)(H,37,38)(H,40,41,42)/b28-15-/t9-,11?,22+/m0/s1. The predicted octanol–water partition coefficient (Wildman–Crippen LogP) is -2.79. The SMILES string of the molecule is C[C@H](NC(=O)C1CC(=O)C(O)=CN1O)C(=O)NC[C@@]1(NC(=O)/C(=N\OC(C)(C)C(=O)O)c2csc(N)n2)CC(=O)N1S(=O)(=O)O. The minimum Gasteiger partial charge on any atom is -0.503 e. The molecule has 4 amide bonds. The van der Waals surface area contributed by atoms with Crippen molar-refractivity contribution in [2.45, 2.75) is 57.0 Å². The second-order valence-electron chi connectivity index (χ2n) is 10.2. The molecular formula is C22H28N8O13S2. The molecule has 23 heteroatoms. The number of carboxylic acid groups (broad SMARTS) is 1. The molecule has 0 aromatic carbocycles. The van der Waals surface area contributed by atoms with Gasteiger partial charge in [-0.25, -0.2) is 14.8 Å². The van der Waals surface area contributed by atoms with Gasteiger partial charge in [-0.05, 0) is 20.8 Å². The summed E-state index contributed by atoms with van der Waals surface area (Å²) in [5.74, 6) is -7.61. The Labute approximate surface area is 257 Å². The van der Waals surface area contributed by atoms with Crippen LogP contribution in [0.25, 0.3) is 0 Å². The van der Waals surface area contributed by atoms with Crippen LogP contribution in [-0.4, -0.2) is 114 Å². The van der Waals surface area contributed by atoms with Gasteiger partial charge in [-0.15, -0.1) is 11.3 Å². The molecule has 3 rings (SSSR count). The van der Waals surface area contributed by atoms with Gasteiger partial charge in [0, 0.05) is 11.8 Å². The molecule has 9 N–H and O–H groups in total. The fraction of sp³-hybridized carbons (Fsp3) is 0.455. The summed E-state index contributed by atoms with van der Waals surface area (Å²) < 4.78 is 33.8. The van der Waals surface area contributed by atoms with Gasteiger partial charge in [0.2, 0.25) is 29.1 Å². The number of Topliss-reactive ketones (excluding diaryl/α,β-unsaturated/α-hetero) is 1. The zero-order valence-corrected chi connectivity index (χ0v) is 25.2. The Balaban J connectivity index is 1.84. The van der Waals surface area contributed by atoms with Crippen LogP contribution < -0.4 is 21.7 Å². The number of thiazole rings is 1. The monoisotopic (exact) mass is 676 g/mol. The molecule has 0 spiro atoms. The Morgan fingerprint density at radius 1 is 1.31 bits per heavy atom. The molecule has 1 aromatic heterocycles. The number of hydrogen-bond donors (Lipinski definition) is 8. The number of aliphatic hydroxyl groups excluding tert-OH is 1. The Kier molecular flexibility index (Phi) is 9.71. The summed E-state index contributed by atoms with van der Waals surface area (Å²) >= 11 is 0.855. The van der Waals surface area contributed by atoms with E-state index in [1.807, 2.05) is 0 Å². The van der Waals surface area contributed by atoms with Gasteiger partial charge in [0.25, 0.3) is 5.91 Å². The summed E-state index contributed by atoms with van der Waals surface area (Å²) in [6.45, 7) is 2.51. The van der Waals surface area contributed by atoms with Crippen LogP contribution in [-0.2, 0) is 43.9 Å². The molecule has 2 aliphatic rings. The number of oxime groups is 1. The van der Waals surface area contributed by atoms with Crippen molar-refractivity contribution in [3.8, 4) is 0 Å². The molecular weight excluding hydrogens is 648 g/mol. The van der Waals surface area contributed by atoms with Gasteiger partial charge >= 0.3 is 16.3 Å². The molecule has 3 atom stereocenters. The topological polar surface area (TPSA) is 321 Å². The van der Waals surface area contributed by atoms with Crippen molar-refractivity contribution in [1.82, 2.24) is 30.3 Å². The van der Waals surface area contributed by atoms with Gasteiger partial charge in [0.1, 0.15) is 17.8 Å². The lowest BCUT2D eigenvalue weighted by atomic mass is 9.96. The highest BCUT2D eigenvalue weighted by Crippen LogP contribution is 2.32. The first kappa shape index (κ1) is 34.6. The highest BCUT2D eigenvalue weighted by molar-refractivity contribution is 7.84. The number of amides is 4. The third-order valence-corrected chi connectivity index (χ3v) is 8.03. The van der Waals surface area contributed by atoms with E-state index < -0.39 is 99.9 Å². The quantitative estimate of drug-likeness (QED) is 0.0480. The van der Waals surface area contributed by atoms with E-state index in [4.69, 9.17) is 10.6 Å². The first-order valence-corrected chi connectivity index (χ1v) is 14.8. The maximum atomic E-state index is 13.4.